The number of nitrogens with zero attached hydrogens (tertiary/aromatic N) is 5. The smallest absolute Gasteiger partial charge is 0.237 e. The number of ether oxygens (including phenoxy) is 1. The van der Waals surface area contributed by atoms with E-state index in [9.17, 15) is 4.79 Å². The predicted molar refractivity (Wildman–Crippen MR) is 140 cm³/mol. The van der Waals surface area contributed by atoms with Gasteiger partial charge in [-0.1, -0.05) is 30.0 Å². The SMILES string of the molecule is CCn1c2ccccc2c2cc(NC(=O)C(C)Sc3nnc(N4CCOCC4)n3C3CC3)ccc21. The summed E-state index contributed by atoms with van der Waals surface area (Å²) in [4.78, 5) is 15.4. The fourth-order valence-corrected chi connectivity index (χ4v) is 5.82. The standard InChI is InChI=1S/C26H30N6O2S/c1-3-31-22-7-5-4-6-20(22)21-16-18(8-11-23(21)31)27-24(33)17(2)35-26-29-28-25(32(26)19-9-10-19)30-12-14-34-15-13-30/h4-8,11,16-17,19H,3,9-10,12-15H2,1-2H3,(H,27,33). The van der Waals surface area contributed by atoms with Crippen molar-refractivity contribution in [3.63, 3.8) is 0 Å². The number of hydrogen-bond acceptors (Lipinski definition) is 6. The van der Waals surface area contributed by atoms with Crippen molar-refractivity contribution in [1.82, 2.24) is 19.3 Å². The quantitative estimate of drug-likeness (QED) is 0.379. The molecule has 2 fully saturated rings. The molecule has 2 aromatic heterocycles. The van der Waals surface area contributed by atoms with E-state index in [1.807, 2.05) is 13.0 Å². The number of carbonyl (C=O) groups is 1. The Morgan fingerprint density at radius 2 is 1.89 bits per heavy atom. The summed E-state index contributed by atoms with van der Waals surface area (Å²) >= 11 is 1.48. The second kappa shape index (κ2) is 9.20. The van der Waals surface area contributed by atoms with Crippen LogP contribution in [0, 0.1) is 0 Å². The molecule has 1 aliphatic carbocycles. The summed E-state index contributed by atoms with van der Waals surface area (Å²) in [5, 5.41) is 15.0. The highest BCUT2D eigenvalue weighted by Gasteiger charge is 2.33. The number of rotatable bonds is 7. The van der Waals surface area contributed by atoms with Gasteiger partial charge in [-0.05, 0) is 51.0 Å². The Kier molecular flexibility index (Phi) is 5.89. The maximum atomic E-state index is 13.2. The van der Waals surface area contributed by atoms with E-state index in [4.69, 9.17) is 4.74 Å². The van der Waals surface area contributed by atoms with Crippen molar-refractivity contribution in [2.75, 3.05) is 36.5 Å². The second-order valence-electron chi connectivity index (χ2n) is 9.23. The number of anilines is 2. The highest BCUT2D eigenvalue weighted by atomic mass is 32.2. The zero-order chi connectivity index (χ0) is 23.9. The molecule has 1 unspecified atom stereocenters. The van der Waals surface area contributed by atoms with Crippen LogP contribution in [0.1, 0.15) is 32.7 Å². The highest BCUT2D eigenvalue weighted by Crippen LogP contribution is 2.42. The molecule has 1 saturated heterocycles. The molecule has 182 valence electrons. The van der Waals surface area contributed by atoms with Gasteiger partial charge in [0.15, 0.2) is 5.16 Å². The lowest BCUT2D eigenvalue weighted by molar-refractivity contribution is -0.115. The van der Waals surface area contributed by atoms with Crippen molar-refractivity contribution < 1.29 is 9.53 Å². The van der Waals surface area contributed by atoms with Gasteiger partial charge in [0.25, 0.3) is 0 Å². The van der Waals surface area contributed by atoms with Crippen LogP contribution in [0.3, 0.4) is 0 Å². The maximum Gasteiger partial charge on any atom is 0.237 e. The second-order valence-corrected chi connectivity index (χ2v) is 10.5. The third-order valence-corrected chi connectivity index (χ3v) is 7.92. The zero-order valence-corrected chi connectivity index (χ0v) is 20.9. The summed E-state index contributed by atoms with van der Waals surface area (Å²) < 4.78 is 10.0. The van der Waals surface area contributed by atoms with Crippen molar-refractivity contribution in [3.05, 3.63) is 42.5 Å². The number of amides is 1. The van der Waals surface area contributed by atoms with Crippen molar-refractivity contribution in [1.29, 1.82) is 0 Å². The Morgan fingerprint density at radius 1 is 1.11 bits per heavy atom. The van der Waals surface area contributed by atoms with Crippen molar-refractivity contribution in [3.8, 4) is 0 Å². The van der Waals surface area contributed by atoms with Crippen molar-refractivity contribution in [2.24, 2.45) is 0 Å². The number of benzene rings is 2. The summed E-state index contributed by atoms with van der Waals surface area (Å²) in [5.74, 6) is 0.871. The van der Waals surface area contributed by atoms with E-state index in [0.29, 0.717) is 19.3 Å². The van der Waals surface area contributed by atoms with Crippen LogP contribution >= 0.6 is 11.8 Å². The average Bonchev–Trinajstić information content (AvgIpc) is 3.57. The fourth-order valence-electron chi connectivity index (χ4n) is 4.91. The Morgan fingerprint density at radius 3 is 2.66 bits per heavy atom. The van der Waals surface area contributed by atoms with E-state index >= 15 is 0 Å². The van der Waals surface area contributed by atoms with Crippen LogP contribution in [0.25, 0.3) is 21.8 Å². The molecule has 1 amide bonds. The minimum absolute atomic E-state index is 0.0353. The molecule has 35 heavy (non-hydrogen) atoms. The predicted octanol–water partition coefficient (Wildman–Crippen LogP) is 4.70. The fraction of sp³-hybridized carbons (Fsp3) is 0.423. The molecule has 1 atom stereocenters. The molecular weight excluding hydrogens is 460 g/mol. The molecule has 0 spiro atoms. The first-order valence-electron chi connectivity index (χ1n) is 12.4. The lowest BCUT2D eigenvalue weighted by Gasteiger charge is -2.28. The van der Waals surface area contributed by atoms with Gasteiger partial charge in [-0.15, -0.1) is 10.2 Å². The lowest BCUT2D eigenvalue weighted by Crippen LogP contribution is -2.38. The topological polar surface area (TPSA) is 77.2 Å². The number of hydrogen-bond donors (Lipinski definition) is 1. The highest BCUT2D eigenvalue weighted by molar-refractivity contribution is 8.00. The summed E-state index contributed by atoms with van der Waals surface area (Å²) in [6.45, 7) is 8.05. The number of carbonyl (C=O) groups excluding carboxylic acids is 1. The van der Waals surface area contributed by atoms with E-state index < -0.39 is 0 Å². The Bertz CT molecular complexity index is 1390. The number of aromatic nitrogens is 4. The van der Waals surface area contributed by atoms with Gasteiger partial charge in [0.05, 0.1) is 18.5 Å². The van der Waals surface area contributed by atoms with Gasteiger partial charge in [0.2, 0.25) is 11.9 Å². The van der Waals surface area contributed by atoms with Crippen LogP contribution in [0.15, 0.2) is 47.6 Å². The zero-order valence-electron chi connectivity index (χ0n) is 20.1. The summed E-state index contributed by atoms with van der Waals surface area (Å²) in [6.07, 6.45) is 2.27. The van der Waals surface area contributed by atoms with E-state index in [-0.39, 0.29) is 11.2 Å². The van der Waals surface area contributed by atoms with Gasteiger partial charge in [0.1, 0.15) is 0 Å². The number of fused-ring (bicyclic) bond motifs is 3. The van der Waals surface area contributed by atoms with E-state index in [2.05, 4.69) is 72.9 Å². The molecule has 1 saturated carbocycles. The first kappa shape index (κ1) is 22.4. The molecular formula is C26H30N6O2S. The Labute approximate surface area is 208 Å². The minimum atomic E-state index is -0.304. The van der Waals surface area contributed by atoms with Gasteiger partial charge >= 0.3 is 0 Å². The van der Waals surface area contributed by atoms with Crippen LogP contribution in [0.2, 0.25) is 0 Å². The molecule has 2 aliphatic rings. The van der Waals surface area contributed by atoms with Gasteiger partial charge in [-0.25, -0.2) is 0 Å². The van der Waals surface area contributed by atoms with Gasteiger partial charge in [-0.3, -0.25) is 9.36 Å². The normalized spacial score (nSPS) is 17.3. The van der Waals surface area contributed by atoms with Crippen molar-refractivity contribution >= 4 is 51.1 Å². The third kappa shape index (κ3) is 4.16. The third-order valence-electron chi connectivity index (χ3n) is 6.86. The number of thioether (sulfide) groups is 1. The van der Waals surface area contributed by atoms with E-state index in [1.54, 1.807) is 0 Å². The monoisotopic (exact) mass is 490 g/mol. The van der Waals surface area contributed by atoms with E-state index in [0.717, 1.165) is 54.7 Å². The van der Waals surface area contributed by atoms with Crippen LogP contribution < -0.4 is 10.2 Å². The van der Waals surface area contributed by atoms with Crippen LogP contribution in [-0.4, -0.2) is 56.8 Å². The summed E-state index contributed by atoms with van der Waals surface area (Å²) in [6, 6.07) is 15.0. The number of morpholine rings is 1. The largest absolute Gasteiger partial charge is 0.378 e. The van der Waals surface area contributed by atoms with Crippen LogP contribution in [0.4, 0.5) is 11.6 Å². The van der Waals surface area contributed by atoms with Gasteiger partial charge in [0, 0.05) is 53.2 Å². The maximum absolute atomic E-state index is 13.2. The summed E-state index contributed by atoms with van der Waals surface area (Å²) in [7, 11) is 0. The molecule has 2 aromatic carbocycles. The Hall–Kier alpha value is -3.04. The number of nitrogens with one attached hydrogen (secondary N) is 1. The molecule has 1 aliphatic heterocycles. The first-order chi connectivity index (χ1) is 17.1. The van der Waals surface area contributed by atoms with E-state index in [1.165, 1.54) is 28.2 Å². The lowest BCUT2D eigenvalue weighted by atomic mass is 10.1. The molecule has 0 bridgehead atoms. The van der Waals surface area contributed by atoms with Crippen molar-refractivity contribution in [2.45, 2.75) is 49.7 Å². The Balaban J connectivity index is 1.21. The van der Waals surface area contributed by atoms with Gasteiger partial charge < -0.3 is 19.5 Å². The molecule has 1 N–H and O–H groups in total. The molecule has 8 nitrogen and oxygen atoms in total. The molecule has 0 radical (unpaired) electrons. The number of aryl methyl sites for hydroxylation is 1. The first-order valence-corrected chi connectivity index (χ1v) is 13.3. The molecule has 9 heteroatoms. The molecule has 3 heterocycles. The van der Waals surface area contributed by atoms with Crippen LogP contribution in [-0.2, 0) is 16.1 Å². The number of para-hydroxylation sites is 1. The molecule has 4 aromatic rings. The molecule has 6 rings (SSSR count). The average molecular weight is 491 g/mol. The minimum Gasteiger partial charge on any atom is -0.378 e. The summed E-state index contributed by atoms with van der Waals surface area (Å²) in [5.41, 5.74) is 3.21. The van der Waals surface area contributed by atoms with Gasteiger partial charge in [-0.2, -0.15) is 0 Å². The van der Waals surface area contributed by atoms with Crippen LogP contribution in [0.5, 0.6) is 0 Å².